The van der Waals surface area contributed by atoms with Crippen molar-refractivity contribution in [1.29, 1.82) is 0 Å². The zero-order chi connectivity index (χ0) is 10.9. The third kappa shape index (κ3) is 4.08. The molecule has 0 saturated heterocycles. The van der Waals surface area contributed by atoms with E-state index < -0.39 is 25.6 Å². The van der Waals surface area contributed by atoms with E-state index in [0.29, 0.717) is 6.07 Å². The van der Waals surface area contributed by atoms with Crippen LogP contribution in [0.4, 0.5) is 5.69 Å². The number of nitro groups is 1. The Hall–Kier alpha value is 0.456. The second-order valence-corrected chi connectivity index (χ2v) is 4.14. The fraction of sp³-hybridized carbons (Fsp3) is 0. The topological polar surface area (TPSA) is 97.5 Å². The summed E-state index contributed by atoms with van der Waals surface area (Å²) in [7, 11) is -4.53. The van der Waals surface area contributed by atoms with Crippen LogP contribution in [0.5, 0.6) is 0 Å². The van der Waals surface area contributed by atoms with Gasteiger partial charge in [0.2, 0.25) is 0 Å². The van der Waals surface area contributed by atoms with E-state index >= 15 is 0 Å². The average Bonchev–Trinajstić information content (AvgIpc) is 2.02. The van der Waals surface area contributed by atoms with Gasteiger partial charge >= 0.3 is 0 Å². The van der Waals surface area contributed by atoms with E-state index in [4.69, 9.17) is 16.2 Å². The third-order valence-electron chi connectivity index (χ3n) is 1.40. The minimum atomic E-state index is -4.53. The fourth-order valence-electron chi connectivity index (χ4n) is 0.803. The first-order valence-corrected chi connectivity index (χ1v) is 5.05. The van der Waals surface area contributed by atoms with Crippen molar-refractivity contribution in [2.45, 2.75) is 4.90 Å². The summed E-state index contributed by atoms with van der Waals surface area (Å²) >= 11 is 5.42. The molecule has 1 aromatic rings. The van der Waals surface area contributed by atoms with Crippen molar-refractivity contribution in [3.05, 3.63) is 33.3 Å². The number of hydrogen-bond acceptors (Lipinski definition) is 4. The van der Waals surface area contributed by atoms with Gasteiger partial charge in [-0.05, 0) is 6.07 Å². The molecule has 0 unspecified atom stereocenters. The summed E-state index contributed by atoms with van der Waals surface area (Å²) in [6.45, 7) is 0. The van der Waals surface area contributed by atoms with Gasteiger partial charge in [-0.1, -0.05) is 11.6 Å². The first-order valence-electron chi connectivity index (χ1n) is 3.24. The zero-order valence-corrected chi connectivity index (χ0v) is 12.2. The first-order chi connectivity index (χ1) is 6.32. The van der Waals surface area contributed by atoms with Crippen molar-refractivity contribution in [1.82, 2.24) is 0 Å². The second kappa shape index (κ2) is 5.69. The van der Waals surface area contributed by atoms with Crippen LogP contribution in [-0.4, -0.2) is 69.3 Å². The molecule has 77 valence electrons. The van der Waals surface area contributed by atoms with Crippen LogP contribution in [0.3, 0.4) is 0 Å². The van der Waals surface area contributed by atoms with E-state index in [-0.39, 0.29) is 56.4 Å². The molecule has 0 bridgehead atoms. The van der Waals surface area contributed by atoms with Crippen LogP contribution in [0.15, 0.2) is 23.1 Å². The molecule has 1 N–H and O–H groups in total. The van der Waals surface area contributed by atoms with Crippen LogP contribution in [0.2, 0.25) is 5.02 Å². The van der Waals surface area contributed by atoms with Gasteiger partial charge in [-0.25, -0.2) is 0 Å². The van der Waals surface area contributed by atoms with Gasteiger partial charge < -0.3 is 0 Å². The molecule has 0 aliphatic carbocycles. The number of hydrogen-bond donors (Lipinski definition) is 1. The predicted molar refractivity (Wildman–Crippen MR) is 53.7 cm³/mol. The van der Waals surface area contributed by atoms with Crippen molar-refractivity contribution in [2.24, 2.45) is 0 Å². The molecular weight excluding hydrogens is 273 g/mol. The number of non-ortho nitro benzene ring substituents is 1. The number of nitro benzene ring substituents is 1. The van der Waals surface area contributed by atoms with Crippen LogP contribution in [0, 0.1) is 10.1 Å². The van der Waals surface area contributed by atoms with Gasteiger partial charge in [0.25, 0.3) is 15.8 Å². The van der Waals surface area contributed by atoms with Crippen LogP contribution in [0.1, 0.15) is 0 Å². The van der Waals surface area contributed by atoms with E-state index in [2.05, 4.69) is 0 Å². The molecule has 0 spiro atoms. The number of rotatable bonds is 2. The Labute approximate surface area is 133 Å². The number of benzene rings is 1. The molecule has 0 amide bonds. The van der Waals surface area contributed by atoms with Crippen LogP contribution in [0.25, 0.3) is 0 Å². The van der Waals surface area contributed by atoms with Crippen LogP contribution in [-0.2, 0) is 10.1 Å². The maximum atomic E-state index is 10.7. The Morgan fingerprint density at radius 2 is 1.93 bits per heavy atom. The molecule has 1 radical (unpaired) electrons. The minimum Gasteiger partial charge on any atom is -0.282 e. The summed E-state index contributed by atoms with van der Waals surface area (Å²) in [4.78, 5) is 8.82. The van der Waals surface area contributed by atoms with Gasteiger partial charge in [0, 0.05) is 63.5 Å². The van der Waals surface area contributed by atoms with Gasteiger partial charge in [-0.3, -0.25) is 14.7 Å². The van der Waals surface area contributed by atoms with E-state index in [9.17, 15) is 18.5 Å². The van der Waals surface area contributed by atoms with Gasteiger partial charge in [0.15, 0.2) is 0 Å². The molecule has 9 heteroatoms. The SMILES string of the molecule is O=[N+]([O-])c1ccc(Cl)c(S(=O)(=O)O)c1.[K]. The Morgan fingerprint density at radius 1 is 1.40 bits per heavy atom. The average molecular weight is 277 g/mol. The Kier molecular flexibility index (Phi) is 5.86. The first kappa shape index (κ1) is 15.5. The summed E-state index contributed by atoms with van der Waals surface area (Å²) in [5, 5.41) is 10.0. The zero-order valence-electron chi connectivity index (χ0n) is 7.55. The van der Waals surface area contributed by atoms with Crippen molar-refractivity contribution in [3.8, 4) is 0 Å². The van der Waals surface area contributed by atoms with Crippen LogP contribution < -0.4 is 0 Å². The van der Waals surface area contributed by atoms with Crippen LogP contribution >= 0.6 is 11.6 Å². The molecular formula is C6H4ClKNO5S. The maximum Gasteiger partial charge on any atom is 0.296 e. The smallest absolute Gasteiger partial charge is 0.282 e. The molecule has 1 aromatic carbocycles. The molecule has 6 nitrogen and oxygen atoms in total. The van der Waals surface area contributed by atoms with Crippen molar-refractivity contribution < 1.29 is 17.9 Å². The Balaban J connectivity index is 0.00000196. The van der Waals surface area contributed by atoms with E-state index in [1.165, 1.54) is 0 Å². The monoisotopic (exact) mass is 276 g/mol. The summed E-state index contributed by atoms with van der Waals surface area (Å²) in [5.74, 6) is 0. The Morgan fingerprint density at radius 3 is 2.33 bits per heavy atom. The van der Waals surface area contributed by atoms with E-state index in [1.54, 1.807) is 0 Å². The normalized spacial score (nSPS) is 10.5. The third-order valence-corrected chi connectivity index (χ3v) is 2.74. The maximum absolute atomic E-state index is 10.7. The summed E-state index contributed by atoms with van der Waals surface area (Å²) in [5.41, 5.74) is -0.456. The van der Waals surface area contributed by atoms with Gasteiger partial charge in [-0.15, -0.1) is 0 Å². The number of halogens is 1. The summed E-state index contributed by atoms with van der Waals surface area (Å²) < 4.78 is 30.0. The van der Waals surface area contributed by atoms with E-state index in [1.807, 2.05) is 0 Å². The molecule has 0 aliphatic heterocycles. The quantitative estimate of drug-likeness (QED) is 0.378. The van der Waals surface area contributed by atoms with Crippen molar-refractivity contribution in [2.75, 3.05) is 0 Å². The minimum absolute atomic E-state index is 0. The number of nitrogens with zero attached hydrogens (tertiary/aromatic N) is 1. The molecule has 0 heterocycles. The Bertz CT molecular complexity index is 488. The summed E-state index contributed by atoms with van der Waals surface area (Å²) in [6.07, 6.45) is 0. The second-order valence-electron chi connectivity index (χ2n) is 2.35. The molecule has 0 fully saturated rings. The van der Waals surface area contributed by atoms with Crippen molar-refractivity contribution in [3.63, 3.8) is 0 Å². The fourth-order valence-corrected chi connectivity index (χ4v) is 1.80. The standard InChI is InChI=1S/C6H4ClNO5S.K/c7-5-2-1-4(8(9)10)3-6(5)14(11,12)13;/h1-3H,(H,11,12,13);. The van der Waals surface area contributed by atoms with Gasteiger partial charge in [0.1, 0.15) is 4.90 Å². The molecule has 0 atom stereocenters. The van der Waals surface area contributed by atoms with Gasteiger partial charge in [-0.2, -0.15) is 8.42 Å². The predicted octanol–water partition coefficient (Wildman–Crippen LogP) is 1.11. The molecule has 0 saturated carbocycles. The van der Waals surface area contributed by atoms with Gasteiger partial charge in [0.05, 0.1) is 9.95 Å². The molecule has 0 aliphatic rings. The van der Waals surface area contributed by atoms with E-state index in [0.717, 1.165) is 12.1 Å². The molecule has 0 aromatic heterocycles. The largest absolute Gasteiger partial charge is 0.296 e. The molecule has 1 rings (SSSR count). The molecule has 15 heavy (non-hydrogen) atoms. The summed E-state index contributed by atoms with van der Waals surface area (Å²) in [6, 6.07) is 2.76. The van der Waals surface area contributed by atoms with Crippen molar-refractivity contribution >= 4 is 78.8 Å².